The molecule has 7 nitrogen and oxygen atoms in total. The highest BCUT2D eigenvalue weighted by Gasteiger charge is 2.31. The number of ether oxygens (including phenoxy) is 2. The van der Waals surface area contributed by atoms with Gasteiger partial charge in [0.1, 0.15) is 17.5 Å². The fourth-order valence-electron chi connectivity index (χ4n) is 3.19. The summed E-state index contributed by atoms with van der Waals surface area (Å²) < 4.78 is 36.8. The molecule has 164 valence electrons. The number of methoxy groups -OCH3 is 2. The van der Waals surface area contributed by atoms with E-state index in [9.17, 15) is 13.2 Å². The predicted octanol–water partition coefficient (Wildman–Crippen LogP) is 3.70. The Hall–Kier alpha value is -2.45. The van der Waals surface area contributed by atoms with Crippen LogP contribution in [0, 0.1) is 6.92 Å². The van der Waals surface area contributed by atoms with Crippen molar-refractivity contribution in [2.45, 2.75) is 32.9 Å². The average molecular weight is 455 g/mol. The Balaban J connectivity index is 2.35. The summed E-state index contributed by atoms with van der Waals surface area (Å²) in [6.07, 6.45) is 1.06. The molecule has 1 amide bonds. The van der Waals surface area contributed by atoms with Crippen LogP contribution >= 0.6 is 11.6 Å². The summed E-state index contributed by atoms with van der Waals surface area (Å²) >= 11 is 6.07. The molecule has 2 aromatic rings. The van der Waals surface area contributed by atoms with Crippen molar-refractivity contribution >= 4 is 33.2 Å². The van der Waals surface area contributed by atoms with Crippen LogP contribution in [0.25, 0.3) is 0 Å². The first-order valence-electron chi connectivity index (χ1n) is 9.27. The highest BCUT2D eigenvalue weighted by atomic mass is 35.5. The average Bonchev–Trinajstić information content (AvgIpc) is 2.68. The van der Waals surface area contributed by atoms with Crippen LogP contribution in [-0.4, -0.2) is 40.8 Å². The largest absolute Gasteiger partial charge is 0.497 e. The number of halogens is 1. The van der Waals surface area contributed by atoms with Crippen LogP contribution in [0.15, 0.2) is 36.4 Å². The van der Waals surface area contributed by atoms with Gasteiger partial charge >= 0.3 is 0 Å². The molecule has 0 radical (unpaired) electrons. The number of nitrogens with one attached hydrogen (secondary N) is 1. The van der Waals surface area contributed by atoms with E-state index in [1.165, 1.54) is 20.1 Å². The van der Waals surface area contributed by atoms with Gasteiger partial charge in [-0.2, -0.15) is 0 Å². The second-order valence-electron chi connectivity index (χ2n) is 7.00. The lowest BCUT2D eigenvalue weighted by Gasteiger charge is -2.30. The molecule has 1 N–H and O–H groups in total. The molecule has 2 atom stereocenters. The van der Waals surface area contributed by atoms with E-state index < -0.39 is 28.0 Å². The maximum atomic E-state index is 13.0. The lowest BCUT2D eigenvalue weighted by molar-refractivity contribution is -0.122. The van der Waals surface area contributed by atoms with Crippen molar-refractivity contribution < 1.29 is 22.7 Å². The first-order valence-corrected chi connectivity index (χ1v) is 11.5. The smallest absolute Gasteiger partial charge is 0.244 e. The van der Waals surface area contributed by atoms with Crippen LogP contribution in [0.5, 0.6) is 11.5 Å². The molecule has 0 aliphatic carbocycles. The van der Waals surface area contributed by atoms with Gasteiger partial charge in [-0.3, -0.25) is 9.10 Å². The van der Waals surface area contributed by atoms with Gasteiger partial charge < -0.3 is 14.8 Å². The molecule has 30 heavy (non-hydrogen) atoms. The molecular weight excluding hydrogens is 428 g/mol. The van der Waals surface area contributed by atoms with Crippen molar-refractivity contribution in [3.05, 3.63) is 52.5 Å². The van der Waals surface area contributed by atoms with Gasteiger partial charge in [0.25, 0.3) is 0 Å². The Kier molecular flexibility index (Phi) is 7.60. The maximum absolute atomic E-state index is 13.0. The van der Waals surface area contributed by atoms with Gasteiger partial charge in [0.2, 0.25) is 15.9 Å². The van der Waals surface area contributed by atoms with Crippen molar-refractivity contribution in [3.8, 4) is 11.5 Å². The van der Waals surface area contributed by atoms with Crippen molar-refractivity contribution in [2.24, 2.45) is 0 Å². The number of hydrogen-bond acceptors (Lipinski definition) is 5. The fourth-order valence-corrected chi connectivity index (χ4v) is 4.58. The number of carbonyl (C=O) groups is 1. The Morgan fingerprint density at radius 1 is 1.10 bits per heavy atom. The van der Waals surface area contributed by atoms with Crippen LogP contribution in [0.4, 0.5) is 5.69 Å². The molecule has 0 aliphatic rings. The van der Waals surface area contributed by atoms with E-state index in [1.807, 2.05) is 0 Å². The normalized spacial score (nSPS) is 13.3. The second kappa shape index (κ2) is 9.57. The topological polar surface area (TPSA) is 84.9 Å². The van der Waals surface area contributed by atoms with Crippen molar-refractivity contribution in [3.63, 3.8) is 0 Å². The zero-order chi connectivity index (χ0) is 22.6. The first kappa shape index (κ1) is 23.8. The Labute approximate surface area is 183 Å². The molecule has 0 spiro atoms. The summed E-state index contributed by atoms with van der Waals surface area (Å²) in [5.41, 5.74) is 1.76. The summed E-state index contributed by atoms with van der Waals surface area (Å²) in [6.45, 7) is 5.09. The van der Waals surface area contributed by atoms with Gasteiger partial charge in [-0.25, -0.2) is 8.42 Å². The Bertz CT molecular complexity index is 1030. The van der Waals surface area contributed by atoms with Crippen LogP contribution < -0.4 is 19.1 Å². The van der Waals surface area contributed by atoms with E-state index >= 15 is 0 Å². The molecule has 0 fully saturated rings. The third-order valence-electron chi connectivity index (χ3n) is 4.76. The maximum Gasteiger partial charge on any atom is 0.244 e. The number of amides is 1. The van der Waals surface area contributed by atoms with Gasteiger partial charge in [-0.1, -0.05) is 17.7 Å². The Morgan fingerprint density at radius 3 is 2.33 bits per heavy atom. The molecule has 0 saturated carbocycles. The predicted molar refractivity (Wildman–Crippen MR) is 119 cm³/mol. The number of sulfonamides is 1. The minimum absolute atomic E-state index is 0.360. The first-order chi connectivity index (χ1) is 14.0. The number of rotatable bonds is 8. The molecule has 0 saturated heterocycles. The van der Waals surface area contributed by atoms with Gasteiger partial charge in [0.15, 0.2) is 0 Å². The molecule has 0 unspecified atom stereocenters. The van der Waals surface area contributed by atoms with Crippen LogP contribution in [-0.2, 0) is 14.8 Å². The molecule has 2 rings (SSSR count). The van der Waals surface area contributed by atoms with Crippen molar-refractivity contribution in [2.75, 3.05) is 24.8 Å². The SMILES string of the molecule is COc1ccc(OC)c([C@H](C)NC(=O)[C@@H](C)N(c2cc(Cl)ccc2C)S(C)(=O)=O)c1. The van der Waals surface area contributed by atoms with Gasteiger partial charge in [-0.05, 0) is 56.7 Å². The molecule has 0 bridgehead atoms. The summed E-state index contributed by atoms with van der Waals surface area (Å²) in [7, 11) is -0.669. The van der Waals surface area contributed by atoms with E-state index in [2.05, 4.69) is 5.32 Å². The van der Waals surface area contributed by atoms with E-state index in [-0.39, 0.29) is 0 Å². The summed E-state index contributed by atoms with van der Waals surface area (Å²) in [5.74, 6) is 0.742. The third-order valence-corrected chi connectivity index (χ3v) is 6.22. The number of hydrogen-bond donors (Lipinski definition) is 1. The molecule has 0 aromatic heterocycles. The Morgan fingerprint density at radius 2 is 1.77 bits per heavy atom. The van der Waals surface area contributed by atoms with Crippen LogP contribution in [0.1, 0.15) is 31.0 Å². The third kappa shape index (κ3) is 5.37. The lowest BCUT2D eigenvalue weighted by Crippen LogP contribution is -2.48. The monoisotopic (exact) mass is 454 g/mol. The van der Waals surface area contributed by atoms with E-state index in [0.29, 0.717) is 33.3 Å². The number of carbonyl (C=O) groups excluding carboxylic acids is 1. The van der Waals surface area contributed by atoms with Crippen LogP contribution in [0.2, 0.25) is 5.02 Å². The fraction of sp³-hybridized carbons (Fsp3) is 0.381. The molecular formula is C21H27ClN2O5S. The lowest BCUT2D eigenvalue weighted by atomic mass is 10.1. The van der Waals surface area contributed by atoms with Crippen molar-refractivity contribution in [1.82, 2.24) is 5.32 Å². The molecule has 9 heteroatoms. The molecule has 0 heterocycles. The number of benzene rings is 2. The molecule has 0 aliphatic heterocycles. The summed E-state index contributed by atoms with van der Waals surface area (Å²) in [6, 6.07) is 8.74. The van der Waals surface area contributed by atoms with E-state index in [4.69, 9.17) is 21.1 Å². The summed E-state index contributed by atoms with van der Waals surface area (Å²) in [5, 5.41) is 3.25. The summed E-state index contributed by atoms with van der Waals surface area (Å²) in [4.78, 5) is 13.0. The number of anilines is 1. The quantitative estimate of drug-likeness (QED) is 0.657. The van der Waals surface area contributed by atoms with Crippen LogP contribution in [0.3, 0.4) is 0 Å². The van der Waals surface area contributed by atoms with E-state index in [1.54, 1.807) is 51.3 Å². The number of aryl methyl sites for hydroxylation is 1. The zero-order valence-corrected chi connectivity index (χ0v) is 19.5. The minimum Gasteiger partial charge on any atom is -0.497 e. The van der Waals surface area contributed by atoms with Crippen molar-refractivity contribution in [1.29, 1.82) is 0 Å². The van der Waals surface area contributed by atoms with Gasteiger partial charge in [0, 0.05) is 10.6 Å². The van der Waals surface area contributed by atoms with Gasteiger partial charge in [0.05, 0.1) is 32.2 Å². The number of nitrogens with zero attached hydrogens (tertiary/aromatic N) is 1. The van der Waals surface area contributed by atoms with Gasteiger partial charge in [-0.15, -0.1) is 0 Å². The zero-order valence-electron chi connectivity index (χ0n) is 17.9. The standard InChI is InChI=1S/C21H27ClN2O5S/c1-13-7-8-16(22)11-19(13)24(30(6,26)27)15(3)21(25)23-14(2)18-12-17(28-4)9-10-20(18)29-5/h7-12,14-15H,1-6H3,(H,23,25)/t14-,15+/m0/s1. The van der Waals surface area contributed by atoms with E-state index in [0.717, 1.165) is 10.6 Å². The second-order valence-corrected chi connectivity index (χ2v) is 9.30. The minimum atomic E-state index is -3.76. The highest BCUT2D eigenvalue weighted by molar-refractivity contribution is 7.92. The highest BCUT2D eigenvalue weighted by Crippen LogP contribution is 2.31. The molecule has 2 aromatic carbocycles.